The molecule has 0 unspecified atom stereocenters. The Hall–Kier alpha value is -5.41. The second-order valence-corrected chi connectivity index (χ2v) is 14.1. The van der Waals surface area contributed by atoms with Gasteiger partial charge in [-0.05, 0) is 166 Å². The van der Waals surface area contributed by atoms with Gasteiger partial charge in [0.15, 0.2) is 0 Å². The molecule has 0 radical (unpaired) electrons. The van der Waals surface area contributed by atoms with Crippen LogP contribution in [0.25, 0.3) is 35.7 Å². The molecule has 3 heteroatoms. The second kappa shape index (κ2) is 24.3. The molecule has 3 nitrogen and oxygen atoms in total. The van der Waals surface area contributed by atoms with Gasteiger partial charge in [0.25, 0.3) is 0 Å². The predicted molar refractivity (Wildman–Crippen MR) is 256 cm³/mol. The first-order valence-electron chi connectivity index (χ1n) is 21.2. The van der Waals surface area contributed by atoms with E-state index < -0.39 is 0 Å². The summed E-state index contributed by atoms with van der Waals surface area (Å²) in [5.41, 5.74) is 18.5. The monoisotopic (exact) mass is 760 g/mol. The van der Waals surface area contributed by atoms with Crippen molar-refractivity contribution in [1.29, 1.82) is 0 Å². The lowest BCUT2D eigenvalue weighted by Crippen LogP contribution is -2.01. The molecule has 2 heterocycles. The van der Waals surface area contributed by atoms with Gasteiger partial charge in [-0.25, -0.2) is 0 Å². The number of aromatic nitrogens is 2. The zero-order valence-corrected chi connectivity index (χ0v) is 36.8. The van der Waals surface area contributed by atoms with E-state index in [2.05, 4.69) is 199 Å². The third-order valence-corrected chi connectivity index (χ3v) is 9.99. The Balaban J connectivity index is 0.000000994. The summed E-state index contributed by atoms with van der Waals surface area (Å²) in [6.07, 6.45) is 25.9. The Kier molecular flexibility index (Phi) is 19.6. The van der Waals surface area contributed by atoms with Crippen molar-refractivity contribution in [2.75, 3.05) is 0 Å². The maximum absolute atomic E-state index is 4.18. The molecule has 0 atom stereocenters. The molecule has 0 bridgehead atoms. The van der Waals surface area contributed by atoms with E-state index in [0.29, 0.717) is 0 Å². The Bertz CT molecular complexity index is 2070. The predicted octanol–water partition coefficient (Wildman–Crippen LogP) is 15.1. The molecule has 0 saturated heterocycles. The third kappa shape index (κ3) is 11.6. The number of nitrogens with zero attached hydrogens (tertiary/aromatic N) is 3. The zero-order valence-electron chi connectivity index (χ0n) is 36.8. The Labute approximate surface area is 346 Å². The van der Waals surface area contributed by atoms with Crippen LogP contribution < -0.4 is 0 Å². The fraction of sp³-hybridized carbons (Fsp3) is 0.315. The Morgan fingerprint density at radius 3 is 0.965 bits per heavy atom. The molecular formula is C54H69N3. The quantitative estimate of drug-likeness (QED) is 0.0949. The maximum atomic E-state index is 4.18. The van der Waals surface area contributed by atoms with Crippen LogP contribution in [0.3, 0.4) is 0 Å². The first-order chi connectivity index (χ1) is 27.8. The van der Waals surface area contributed by atoms with Crippen LogP contribution in [0, 0.1) is 0 Å². The van der Waals surface area contributed by atoms with Crippen molar-refractivity contribution in [3.63, 3.8) is 0 Å². The van der Waals surface area contributed by atoms with Crippen molar-refractivity contribution in [3.8, 4) is 11.4 Å². The highest BCUT2D eigenvalue weighted by molar-refractivity contribution is 5.68. The molecule has 0 saturated carbocycles. The molecule has 0 N–H and O–H groups in total. The summed E-state index contributed by atoms with van der Waals surface area (Å²) in [5.74, 6) is 0. The molecule has 57 heavy (non-hydrogen) atoms. The lowest BCUT2D eigenvalue weighted by Gasteiger charge is -2.13. The van der Waals surface area contributed by atoms with Crippen molar-refractivity contribution < 1.29 is 0 Å². The van der Waals surface area contributed by atoms with Crippen LogP contribution in [0.2, 0.25) is 0 Å². The summed E-state index contributed by atoms with van der Waals surface area (Å²) >= 11 is 0. The smallest absolute Gasteiger partial charge is 0.0493 e. The molecule has 5 aromatic rings. The Morgan fingerprint density at radius 1 is 0.456 bits per heavy atom. The van der Waals surface area contributed by atoms with Crippen LogP contribution in [0.5, 0.6) is 0 Å². The van der Waals surface area contributed by atoms with Gasteiger partial charge in [0.2, 0.25) is 0 Å². The van der Waals surface area contributed by atoms with Crippen LogP contribution in [0.4, 0.5) is 0 Å². The molecule has 0 amide bonds. The topological polar surface area (TPSA) is 22.2 Å². The van der Waals surface area contributed by atoms with Gasteiger partial charge in [-0.15, -0.1) is 0 Å². The normalized spacial score (nSPS) is 11.3. The molecule has 3 aromatic carbocycles. The lowest BCUT2D eigenvalue weighted by atomic mass is 10.00. The number of allylic oxidation sites excluding steroid dienone is 4. The van der Waals surface area contributed by atoms with Gasteiger partial charge in [-0.3, -0.25) is 4.99 Å². The number of rotatable bonds is 15. The van der Waals surface area contributed by atoms with Crippen molar-refractivity contribution >= 4 is 31.0 Å². The van der Waals surface area contributed by atoms with Gasteiger partial charge < -0.3 is 9.13 Å². The molecule has 0 fully saturated rings. The van der Waals surface area contributed by atoms with E-state index in [1.54, 1.807) is 6.20 Å². The van der Waals surface area contributed by atoms with Crippen molar-refractivity contribution in [2.24, 2.45) is 4.99 Å². The number of benzene rings is 3. The first kappa shape index (κ1) is 46.0. The number of aliphatic imine (C=N–C) groups is 1. The molecule has 0 aliphatic carbocycles. The minimum Gasteiger partial charge on any atom is -0.310 e. The van der Waals surface area contributed by atoms with E-state index in [1.807, 2.05) is 19.1 Å². The zero-order chi connectivity index (χ0) is 41.7. The standard InChI is InChI=1S/C47H54N2.C4H7N.C3H8/c1-9-17-45-41(13-5)40(12-4)44(16-8)48(45)38-28-24-36(25-29-38)32-34-20-22-35(23-21-34)33-37-26-30-39(31-27-37)49-46(18-10-2)42(14-6)43(15-7)47(49)19-11-3;1-3-4-5-2;1-3-2/h9-11,16-31H,8,12-15,32-33H2,1-7H3;3-4H,2H2,1H3;3H2,1-2H3/b17-9-,18-10-,19-11-;4-3-;. The molecule has 0 aliphatic heterocycles. The second-order valence-electron chi connectivity index (χ2n) is 14.1. The van der Waals surface area contributed by atoms with Crippen LogP contribution in [-0.4, -0.2) is 15.9 Å². The average Bonchev–Trinajstić information content (AvgIpc) is 3.70. The van der Waals surface area contributed by atoms with E-state index in [4.69, 9.17) is 0 Å². The molecule has 2 aromatic heterocycles. The van der Waals surface area contributed by atoms with Crippen LogP contribution in [0.15, 0.2) is 115 Å². The highest BCUT2D eigenvalue weighted by Gasteiger charge is 2.20. The van der Waals surface area contributed by atoms with E-state index in [9.17, 15) is 0 Å². The minimum atomic E-state index is 0.914. The molecule has 0 aliphatic rings. The molecule has 300 valence electrons. The first-order valence-corrected chi connectivity index (χ1v) is 21.2. The summed E-state index contributed by atoms with van der Waals surface area (Å²) < 4.78 is 4.81. The van der Waals surface area contributed by atoms with Gasteiger partial charge in [0, 0.05) is 40.4 Å². The summed E-state index contributed by atoms with van der Waals surface area (Å²) in [6.45, 7) is 28.9. The van der Waals surface area contributed by atoms with Crippen molar-refractivity contribution in [1.82, 2.24) is 9.13 Å². The van der Waals surface area contributed by atoms with E-state index in [0.717, 1.165) is 38.5 Å². The molecule has 5 rings (SSSR count). The lowest BCUT2D eigenvalue weighted by molar-refractivity contribution is 1.02. The SMILES string of the molecule is C=Cc1c(CC)c(CC)c(/C=C\C)n1-c1ccc(Cc2ccc(Cc3ccc(-n4c(/C=C\C)c(CC)c(CC)c4/C=C\C)cc3)cc2)cc1.C=N/C=C\C.CCC. The summed E-state index contributed by atoms with van der Waals surface area (Å²) in [4.78, 5) is 3.42. The van der Waals surface area contributed by atoms with Gasteiger partial charge in [-0.2, -0.15) is 0 Å². The largest absolute Gasteiger partial charge is 0.310 e. The summed E-state index contributed by atoms with van der Waals surface area (Å²) in [7, 11) is 0. The van der Waals surface area contributed by atoms with E-state index in [1.165, 1.54) is 85.1 Å². The fourth-order valence-corrected chi connectivity index (χ4v) is 7.64. The average molecular weight is 760 g/mol. The minimum absolute atomic E-state index is 0.914. The maximum Gasteiger partial charge on any atom is 0.0493 e. The van der Waals surface area contributed by atoms with Crippen molar-refractivity contribution in [3.05, 3.63) is 177 Å². The van der Waals surface area contributed by atoms with Crippen LogP contribution >= 0.6 is 0 Å². The van der Waals surface area contributed by atoms with Gasteiger partial charge >= 0.3 is 0 Å². The third-order valence-electron chi connectivity index (χ3n) is 9.99. The van der Waals surface area contributed by atoms with Gasteiger partial charge in [0.1, 0.15) is 0 Å². The highest BCUT2D eigenvalue weighted by atomic mass is 15.0. The summed E-state index contributed by atoms with van der Waals surface area (Å²) in [6, 6.07) is 27.4. The van der Waals surface area contributed by atoms with E-state index >= 15 is 0 Å². The van der Waals surface area contributed by atoms with Crippen LogP contribution in [0.1, 0.15) is 143 Å². The molecular weight excluding hydrogens is 691 g/mol. The summed E-state index contributed by atoms with van der Waals surface area (Å²) in [5, 5.41) is 0. The fourth-order valence-electron chi connectivity index (χ4n) is 7.64. The van der Waals surface area contributed by atoms with Crippen LogP contribution in [-0.2, 0) is 38.5 Å². The number of hydrogen-bond acceptors (Lipinski definition) is 1. The van der Waals surface area contributed by atoms with Gasteiger partial charge in [-0.1, -0.05) is 127 Å². The highest BCUT2D eigenvalue weighted by Crippen LogP contribution is 2.32. The molecule has 0 spiro atoms. The van der Waals surface area contributed by atoms with Gasteiger partial charge in [0.05, 0.1) is 0 Å². The van der Waals surface area contributed by atoms with E-state index in [-0.39, 0.29) is 0 Å². The Morgan fingerprint density at radius 2 is 0.737 bits per heavy atom. The van der Waals surface area contributed by atoms with Crippen molar-refractivity contribution in [2.45, 2.75) is 114 Å². The number of hydrogen-bond donors (Lipinski definition) is 0.